The van der Waals surface area contributed by atoms with Crippen LogP contribution in [0.15, 0.2) is 17.1 Å². The summed E-state index contributed by atoms with van der Waals surface area (Å²) in [5, 5.41) is -0.0985. The lowest BCUT2D eigenvalue weighted by Gasteiger charge is -2.34. The lowest BCUT2D eigenvalue weighted by atomic mass is 10.1. The number of carbonyl (C=O) groups excluding carboxylic acids is 2. The summed E-state index contributed by atoms with van der Waals surface area (Å²) in [6.45, 7) is 3.01. The topological polar surface area (TPSA) is 81.1 Å². The van der Waals surface area contributed by atoms with Crippen molar-refractivity contribution >= 4 is 22.9 Å². The van der Waals surface area contributed by atoms with Crippen molar-refractivity contribution in [2.24, 2.45) is 0 Å². The molecule has 10 heteroatoms. The molecule has 0 bridgehead atoms. The number of methoxy groups -OCH3 is 1. The molecule has 0 spiro atoms. The van der Waals surface area contributed by atoms with Gasteiger partial charge in [0.25, 0.3) is 5.91 Å². The second-order valence-corrected chi connectivity index (χ2v) is 7.59. The molecule has 1 saturated heterocycles. The molecule has 2 aliphatic rings. The zero-order chi connectivity index (χ0) is 22.3. The van der Waals surface area contributed by atoms with Crippen LogP contribution in [0.1, 0.15) is 36.2 Å². The first-order valence-corrected chi connectivity index (χ1v) is 10.2. The third-order valence-electron chi connectivity index (χ3n) is 5.63. The predicted molar refractivity (Wildman–Crippen MR) is 107 cm³/mol. The summed E-state index contributed by atoms with van der Waals surface area (Å²) in [5.74, 6) is -3.23. The number of benzene rings is 1. The second-order valence-electron chi connectivity index (χ2n) is 7.59. The molecule has 1 aliphatic heterocycles. The van der Waals surface area contributed by atoms with Gasteiger partial charge in [0.05, 0.1) is 24.6 Å². The van der Waals surface area contributed by atoms with Gasteiger partial charge in [0, 0.05) is 38.4 Å². The maximum Gasteiger partial charge on any atom is 0.409 e. The summed E-state index contributed by atoms with van der Waals surface area (Å²) in [6.07, 6.45) is 2.57. The number of pyridine rings is 1. The van der Waals surface area contributed by atoms with Gasteiger partial charge in [-0.3, -0.25) is 9.59 Å². The number of hydrogen-bond acceptors (Lipinski definition) is 5. The van der Waals surface area contributed by atoms with Crippen LogP contribution in [-0.4, -0.2) is 66.3 Å². The molecule has 0 atom stereocenters. The molecule has 2 aromatic rings. The minimum absolute atomic E-state index is 0.0194. The van der Waals surface area contributed by atoms with E-state index in [0.29, 0.717) is 0 Å². The van der Waals surface area contributed by atoms with Crippen molar-refractivity contribution in [3.63, 3.8) is 0 Å². The van der Waals surface area contributed by atoms with Crippen LogP contribution in [-0.2, 0) is 4.74 Å². The number of piperazine rings is 1. The SMILES string of the molecule is CCOC(=O)N1CCN(C(=O)c2cn(C3CC3)c3c(OC)c(F)c(F)cc3c2=O)CC1. The number of amides is 2. The van der Waals surface area contributed by atoms with Crippen molar-refractivity contribution in [3.8, 4) is 5.75 Å². The largest absolute Gasteiger partial charge is 0.491 e. The smallest absolute Gasteiger partial charge is 0.409 e. The van der Waals surface area contributed by atoms with Gasteiger partial charge in [-0.15, -0.1) is 0 Å². The Kier molecular flexibility index (Phi) is 5.55. The molecule has 1 saturated carbocycles. The van der Waals surface area contributed by atoms with E-state index in [0.717, 1.165) is 18.9 Å². The molecular weight excluding hydrogens is 412 g/mol. The van der Waals surface area contributed by atoms with E-state index in [1.807, 2.05) is 0 Å². The summed E-state index contributed by atoms with van der Waals surface area (Å²) in [5.41, 5.74) is -0.642. The molecule has 4 rings (SSSR count). The molecule has 1 aromatic heterocycles. The zero-order valence-electron chi connectivity index (χ0n) is 17.3. The van der Waals surface area contributed by atoms with E-state index < -0.39 is 29.1 Å². The Morgan fingerprint density at radius 2 is 1.77 bits per heavy atom. The molecule has 0 unspecified atom stereocenters. The van der Waals surface area contributed by atoms with Crippen LogP contribution in [0.2, 0.25) is 0 Å². The third-order valence-corrected chi connectivity index (χ3v) is 5.63. The number of hydrogen-bond donors (Lipinski definition) is 0. The zero-order valence-corrected chi connectivity index (χ0v) is 17.3. The van der Waals surface area contributed by atoms with Crippen LogP contribution in [0.4, 0.5) is 13.6 Å². The molecular formula is C21H23F2N3O5. The molecule has 2 fully saturated rings. The highest BCUT2D eigenvalue weighted by Gasteiger charge is 2.32. The fraction of sp³-hybridized carbons (Fsp3) is 0.476. The van der Waals surface area contributed by atoms with Gasteiger partial charge in [-0.2, -0.15) is 4.39 Å². The molecule has 0 N–H and O–H groups in total. The van der Waals surface area contributed by atoms with Crippen LogP contribution in [0, 0.1) is 11.6 Å². The van der Waals surface area contributed by atoms with Crippen LogP contribution >= 0.6 is 0 Å². The lowest BCUT2D eigenvalue weighted by Crippen LogP contribution is -2.51. The van der Waals surface area contributed by atoms with E-state index in [-0.39, 0.29) is 61.0 Å². The Hall–Kier alpha value is -3.17. The molecule has 1 aromatic carbocycles. The average molecular weight is 435 g/mol. The number of carbonyl (C=O) groups is 2. The first kappa shape index (κ1) is 21.1. The maximum absolute atomic E-state index is 14.3. The van der Waals surface area contributed by atoms with E-state index in [1.165, 1.54) is 23.1 Å². The number of ether oxygens (including phenoxy) is 2. The number of halogens is 2. The highest BCUT2D eigenvalue weighted by molar-refractivity contribution is 5.98. The van der Waals surface area contributed by atoms with E-state index >= 15 is 0 Å². The lowest BCUT2D eigenvalue weighted by molar-refractivity contribution is 0.0569. The van der Waals surface area contributed by atoms with Crippen molar-refractivity contribution in [2.75, 3.05) is 39.9 Å². The highest BCUT2D eigenvalue weighted by atomic mass is 19.2. The summed E-state index contributed by atoms with van der Waals surface area (Å²) in [4.78, 5) is 41.1. The van der Waals surface area contributed by atoms with Crippen molar-refractivity contribution < 1.29 is 27.8 Å². The predicted octanol–water partition coefficient (Wildman–Crippen LogP) is 2.54. The standard InChI is InChI=1S/C21H23F2N3O5/c1-3-31-21(29)25-8-6-24(7-9-25)20(28)14-11-26(12-4-5-12)17-13(18(14)27)10-15(22)16(23)19(17)30-2/h10-12H,3-9H2,1-2H3. The Labute approximate surface area is 176 Å². The van der Waals surface area contributed by atoms with Gasteiger partial charge in [-0.25, -0.2) is 9.18 Å². The van der Waals surface area contributed by atoms with Gasteiger partial charge < -0.3 is 23.8 Å². The highest BCUT2D eigenvalue weighted by Crippen LogP contribution is 2.40. The minimum Gasteiger partial charge on any atom is -0.491 e. The summed E-state index contributed by atoms with van der Waals surface area (Å²) in [7, 11) is 1.21. The third kappa shape index (κ3) is 3.70. The van der Waals surface area contributed by atoms with Gasteiger partial charge >= 0.3 is 6.09 Å². The Morgan fingerprint density at radius 1 is 1.13 bits per heavy atom. The van der Waals surface area contributed by atoms with Gasteiger partial charge in [-0.1, -0.05) is 0 Å². The van der Waals surface area contributed by atoms with Gasteiger partial charge in [0.1, 0.15) is 5.56 Å². The number of nitrogens with zero attached hydrogens (tertiary/aromatic N) is 3. The van der Waals surface area contributed by atoms with Crippen LogP contribution in [0.5, 0.6) is 5.75 Å². The van der Waals surface area contributed by atoms with E-state index in [9.17, 15) is 23.2 Å². The van der Waals surface area contributed by atoms with Crippen LogP contribution in [0.3, 0.4) is 0 Å². The molecule has 8 nitrogen and oxygen atoms in total. The Balaban J connectivity index is 1.71. The van der Waals surface area contributed by atoms with Gasteiger partial charge in [0.2, 0.25) is 11.2 Å². The quantitative estimate of drug-likeness (QED) is 0.737. The van der Waals surface area contributed by atoms with Crippen molar-refractivity contribution in [1.29, 1.82) is 0 Å². The van der Waals surface area contributed by atoms with Crippen molar-refractivity contribution in [2.45, 2.75) is 25.8 Å². The number of fused-ring (bicyclic) bond motifs is 1. The molecule has 2 heterocycles. The van der Waals surface area contributed by atoms with Gasteiger partial charge in [0.15, 0.2) is 11.6 Å². The number of aromatic nitrogens is 1. The number of rotatable bonds is 4. The van der Waals surface area contributed by atoms with Crippen LogP contribution < -0.4 is 10.2 Å². The van der Waals surface area contributed by atoms with Crippen molar-refractivity contribution in [3.05, 3.63) is 39.7 Å². The summed E-state index contributed by atoms with van der Waals surface area (Å²) >= 11 is 0. The van der Waals surface area contributed by atoms with Crippen LogP contribution in [0.25, 0.3) is 10.9 Å². The molecule has 1 aliphatic carbocycles. The minimum atomic E-state index is -1.21. The molecule has 31 heavy (non-hydrogen) atoms. The fourth-order valence-corrected chi connectivity index (χ4v) is 3.89. The van der Waals surface area contributed by atoms with E-state index in [2.05, 4.69) is 0 Å². The monoisotopic (exact) mass is 435 g/mol. The van der Waals surface area contributed by atoms with E-state index in [1.54, 1.807) is 11.5 Å². The van der Waals surface area contributed by atoms with Crippen molar-refractivity contribution in [1.82, 2.24) is 14.4 Å². The summed E-state index contributed by atoms with van der Waals surface area (Å²) in [6, 6.07) is 0.804. The average Bonchev–Trinajstić information content (AvgIpc) is 3.61. The normalized spacial score (nSPS) is 16.5. The molecule has 2 amide bonds. The maximum atomic E-state index is 14.3. The molecule has 0 radical (unpaired) electrons. The fourth-order valence-electron chi connectivity index (χ4n) is 3.89. The summed E-state index contributed by atoms with van der Waals surface area (Å²) < 4.78 is 40.1. The van der Waals surface area contributed by atoms with E-state index in [4.69, 9.17) is 9.47 Å². The Morgan fingerprint density at radius 3 is 2.35 bits per heavy atom. The molecule has 166 valence electrons. The van der Waals surface area contributed by atoms with Gasteiger partial charge in [-0.05, 0) is 25.8 Å². The second kappa shape index (κ2) is 8.16. The first-order valence-electron chi connectivity index (χ1n) is 10.2. The Bertz CT molecular complexity index is 1100. The first-order chi connectivity index (χ1) is 14.9.